The van der Waals surface area contributed by atoms with Crippen LogP contribution in [0.1, 0.15) is 25.3 Å². The first-order valence-corrected chi connectivity index (χ1v) is 8.53. The number of guanidine groups is 1. The summed E-state index contributed by atoms with van der Waals surface area (Å²) in [5.41, 5.74) is 1.07. The number of pyridine rings is 1. The van der Waals surface area contributed by atoms with Gasteiger partial charge in [0.2, 0.25) is 5.91 Å². The van der Waals surface area contributed by atoms with E-state index in [0.717, 1.165) is 36.7 Å². The lowest BCUT2D eigenvalue weighted by Gasteiger charge is -2.15. The third kappa shape index (κ3) is 5.72. The van der Waals surface area contributed by atoms with E-state index >= 15 is 0 Å². The summed E-state index contributed by atoms with van der Waals surface area (Å²) in [4.78, 5) is 22.6. The predicted octanol–water partition coefficient (Wildman–Crippen LogP) is 0.729. The van der Waals surface area contributed by atoms with E-state index in [1.807, 2.05) is 38.1 Å². The van der Waals surface area contributed by atoms with Crippen molar-refractivity contribution in [3.63, 3.8) is 0 Å². The van der Waals surface area contributed by atoms with Gasteiger partial charge in [-0.25, -0.2) is 9.98 Å². The largest absolute Gasteiger partial charge is 0.362 e. The molecule has 1 fully saturated rings. The molecule has 3 N–H and O–H groups in total. The third-order valence-corrected chi connectivity index (χ3v) is 3.71. The fraction of sp³-hybridized carbons (Fsp3) is 0.588. The Morgan fingerprint density at radius 2 is 2.04 bits per heavy atom. The number of aliphatic imine (C=N–C) groups is 1. The van der Waals surface area contributed by atoms with Crippen molar-refractivity contribution in [3.8, 4) is 0 Å². The van der Waals surface area contributed by atoms with E-state index in [9.17, 15) is 4.79 Å². The van der Waals surface area contributed by atoms with Crippen molar-refractivity contribution >= 4 is 17.7 Å². The molecule has 2 rings (SSSR count). The van der Waals surface area contributed by atoms with Crippen LogP contribution >= 0.6 is 0 Å². The van der Waals surface area contributed by atoms with Gasteiger partial charge in [-0.3, -0.25) is 4.79 Å². The number of amides is 1. The molecule has 1 saturated carbocycles. The summed E-state index contributed by atoms with van der Waals surface area (Å²) in [5.74, 6) is 2.09. The summed E-state index contributed by atoms with van der Waals surface area (Å²) < 4.78 is 0. The fourth-order valence-corrected chi connectivity index (χ4v) is 2.32. The maximum Gasteiger partial charge on any atom is 0.223 e. The Kier molecular flexibility index (Phi) is 6.84. The minimum atomic E-state index is 0.171. The van der Waals surface area contributed by atoms with Crippen molar-refractivity contribution in [2.75, 3.05) is 38.6 Å². The number of hydrogen-bond donors (Lipinski definition) is 3. The highest BCUT2D eigenvalue weighted by Crippen LogP contribution is 2.28. The number of nitrogens with one attached hydrogen (secondary N) is 3. The number of anilines is 1. The van der Waals surface area contributed by atoms with E-state index < -0.39 is 0 Å². The van der Waals surface area contributed by atoms with Crippen molar-refractivity contribution in [2.45, 2.75) is 26.3 Å². The molecule has 0 bridgehead atoms. The van der Waals surface area contributed by atoms with Crippen LogP contribution in [0.3, 0.4) is 0 Å². The molecule has 0 unspecified atom stereocenters. The topological polar surface area (TPSA) is 81.7 Å². The normalized spacial score (nSPS) is 14.2. The maximum absolute atomic E-state index is 11.6. The molecule has 1 aromatic rings. The Balaban J connectivity index is 1.84. The summed E-state index contributed by atoms with van der Waals surface area (Å²) in [7, 11) is 3.95. The Hall–Kier alpha value is -2.31. The van der Waals surface area contributed by atoms with Gasteiger partial charge >= 0.3 is 0 Å². The van der Waals surface area contributed by atoms with Crippen LogP contribution in [-0.2, 0) is 11.3 Å². The smallest absolute Gasteiger partial charge is 0.223 e. The van der Waals surface area contributed by atoms with E-state index in [4.69, 9.17) is 0 Å². The number of carbonyl (C=O) groups excluding carboxylic acids is 1. The molecule has 1 amide bonds. The Labute approximate surface area is 143 Å². The fourth-order valence-electron chi connectivity index (χ4n) is 2.32. The first-order chi connectivity index (χ1) is 11.6. The van der Waals surface area contributed by atoms with E-state index in [1.54, 1.807) is 6.20 Å². The van der Waals surface area contributed by atoms with Gasteiger partial charge in [0, 0.05) is 51.4 Å². The van der Waals surface area contributed by atoms with Gasteiger partial charge in [0.05, 0.1) is 6.54 Å². The molecule has 0 aromatic carbocycles. The average Bonchev–Trinajstić information content (AvgIpc) is 3.41. The van der Waals surface area contributed by atoms with Crippen LogP contribution in [-0.4, -0.2) is 50.6 Å². The van der Waals surface area contributed by atoms with Crippen molar-refractivity contribution in [1.29, 1.82) is 0 Å². The molecule has 1 heterocycles. The molecule has 7 heteroatoms. The van der Waals surface area contributed by atoms with Gasteiger partial charge < -0.3 is 20.9 Å². The maximum atomic E-state index is 11.6. The molecule has 1 aliphatic carbocycles. The quantitative estimate of drug-likeness (QED) is 0.371. The van der Waals surface area contributed by atoms with Crippen LogP contribution in [0.4, 0.5) is 5.82 Å². The SMILES string of the molecule is CCNC(=NCc1cccnc1N(C)C)NCCNC(=O)C1CC1. The zero-order valence-electron chi connectivity index (χ0n) is 14.8. The van der Waals surface area contributed by atoms with Crippen molar-refractivity contribution in [1.82, 2.24) is 20.9 Å². The molecule has 0 radical (unpaired) electrons. The highest BCUT2D eigenvalue weighted by atomic mass is 16.2. The van der Waals surface area contributed by atoms with Crippen LogP contribution in [0.5, 0.6) is 0 Å². The van der Waals surface area contributed by atoms with E-state index in [2.05, 4.69) is 25.9 Å². The van der Waals surface area contributed by atoms with Gasteiger partial charge in [-0.2, -0.15) is 0 Å². The number of nitrogens with zero attached hydrogens (tertiary/aromatic N) is 3. The van der Waals surface area contributed by atoms with E-state index in [0.29, 0.717) is 19.6 Å². The summed E-state index contributed by atoms with van der Waals surface area (Å²) in [5, 5.41) is 9.40. The highest BCUT2D eigenvalue weighted by molar-refractivity contribution is 5.81. The summed E-state index contributed by atoms with van der Waals surface area (Å²) in [6.45, 7) is 4.62. The highest BCUT2D eigenvalue weighted by Gasteiger charge is 2.28. The minimum absolute atomic E-state index is 0.171. The molecule has 132 valence electrons. The Morgan fingerprint density at radius 3 is 2.71 bits per heavy atom. The zero-order valence-corrected chi connectivity index (χ0v) is 14.8. The second kappa shape index (κ2) is 9.10. The molecule has 0 saturated heterocycles. The van der Waals surface area contributed by atoms with E-state index in [-0.39, 0.29) is 11.8 Å². The molecule has 0 spiro atoms. The molecule has 0 atom stereocenters. The van der Waals surface area contributed by atoms with Crippen LogP contribution in [0.25, 0.3) is 0 Å². The van der Waals surface area contributed by atoms with Crippen molar-refractivity contribution in [3.05, 3.63) is 23.9 Å². The van der Waals surface area contributed by atoms with E-state index in [1.165, 1.54) is 0 Å². The van der Waals surface area contributed by atoms with Crippen molar-refractivity contribution < 1.29 is 4.79 Å². The molecule has 1 aliphatic rings. The predicted molar refractivity (Wildman–Crippen MR) is 97.1 cm³/mol. The van der Waals surface area contributed by atoms with Gasteiger partial charge in [-0.05, 0) is 25.8 Å². The lowest BCUT2D eigenvalue weighted by Crippen LogP contribution is -2.41. The first kappa shape index (κ1) is 18.0. The second-order valence-electron chi connectivity index (χ2n) is 6.07. The van der Waals surface area contributed by atoms with Gasteiger partial charge in [-0.1, -0.05) is 6.07 Å². The lowest BCUT2D eigenvalue weighted by molar-refractivity contribution is -0.122. The standard InChI is InChI=1S/C17H28N6O/c1-4-18-17(21-11-10-20-16(24)13-7-8-13)22-12-14-6-5-9-19-15(14)23(2)3/h5-6,9,13H,4,7-8,10-12H2,1-3H3,(H,20,24)(H2,18,21,22). The van der Waals surface area contributed by atoms with Gasteiger partial charge in [0.15, 0.2) is 5.96 Å². The minimum Gasteiger partial charge on any atom is -0.362 e. The number of rotatable bonds is 8. The van der Waals surface area contributed by atoms with Crippen molar-refractivity contribution in [2.24, 2.45) is 10.9 Å². The van der Waals surface area contributed by atoms with Gasteiger partial charge in [0.25, 0.3) is 0 Å². The summed E-state index contributed by atoms with van der Waals surface area (Å²) in [6, 6.07) is 3.96. The number of carbonyl (C=O) groups is 1. The van der Waals surface area contributed by atoms with Crippen LogP contribution in [0.2, 0.25) is 0 Å². The first-order valence-electron chi connectivity index (χ1n) is 8.53. The van der Waals surface area contributed by atoms with Gasteiger partial charge in [0.1, 0.15) is 5.82 Å². The zero-order chi connectivity index (χ0) is 17.4. The molecular weight excluding hydrogens is 304 g/mol. The molecule has 24 heavy (non-hydrogen) atoms. The van der Waals surface area contributed by atoms with Crippen LogP contribution < -0.4 is 20.9 Å². The molecule has 7 nitrogen and oxygen atoms in total. The molecule has 1 aromatic heterocycles. The van der Waals surface area contributed by atoms with Gasteiger partial charge in [-0.15, -0.1) is 0 Å². The number of hydrogen-bond acceptors (Lipinski definition) is 4. The summed E-state index contributed by atoms with van der Waals surface area (Å²) in [6.07, 6.45) is 3.85. The van der Waals surface area contributed by atoms with Crippen LogP contribution in [0, 0.1) is 5.92 Å². The molecular formula is C17H28N6O. The lowest BCUT2D eigenvalue weighted by atomic mass is 10.2. The Bertz CT molecular complexity index is 568. The third-order valence-electron chi connectivity index (χ3n) is 3.71. The average molecular weight is 332 g/mol. The Morgan fingerprint density at radius 1 is 1.29 bits per heavy atom. The molecule has 0 aliphatic heterocycles. The second-order valence-corrected chi connectivity index (χ2v) is 6.07. The number of aromatic nitrogens is 1. The van der Waals surface area contributed by atoms with Crippen LogP contribution in [0.15, 0.2) is 23.3 Å². The summed E-state index contributed by atoms with van der Waals surface area (Å²) >= 11 is 0. The monoisotopic (exact) mass is 332 g/mol.